The van der Waals surface area contributed by atoms with Crippen LogP contribution in [0.4, 0.5) is 0 Å². The van der Waals surface area contributed by atoms with E-state index in [4.69, 9.17) is 4.74 Å². The predicted octanol–water partition coefficient (Wildman–Crippen LogP) is 1.53. The van der Waals surface area contributed by atoms with Crippen LogP contribution >= 0.6 is 11.8 Å². The third kappa shape index (κ3) is 8.17. The molecule has 0 aliphatic carbocycles. The van der Waals surface area contributed by atoms with Crippen molar-refractivity contribution in [2.45, 2.75) is 25.9 Å². The van der Waals surface area contributed by atoms with Crippen molar-refractivity contribution in [1.82, 2.24) is 0 Å². The van der Waals surface area contributed by atoms with Crippen LogP contribution in [0, 0.1) is 0 Å². The summed E-state index contributed by atoms with van der Waals surface area (Å²) in [5.74, 6) is 1.95. The minimum absolute atomic E-state index is 0.143. The van der Waals surface area contributed by atoms with Gasteiger partial charge < -0.3 is 9.84 Å². The van der Waals surface area contributed by atoms with Crippen LogP contribution in [0.5, 0.6) is 0 Å². The standard InChI is InChI=1S/C8H18O2S/c1-3-11-7-8(9)5-4-6-10-2/h8-9H,3-7H2,1-2H3. The molecule has 0 rings (SSSR count). The van der Waals surface area contributed by atoms with E-state index in [0.29, 0.717) is 0 Å². The average molecular weight is 178 g/mol. The van der Waals surface area contributed by atoms with E-state index in [2.05, 4.69) is 6.92 Å². The summed E-state index contributed by atoms with van der Waals surface area (Å²) >= 11 is 1.78. The summed E-state index contributed by atoms with van der Waals surface area (Å²) in [6.07, 6.45) is 1.68. The maximum atomic E-state index is 9.33. The Kier molecular flexibility index (Phi) is 8.57. The van der Waals surface area contributed by atoms with E-state index in [1.807, 2.05) is 0 Å². The highest BCUT2D eigenvalue weighted by molar-refractivity contribution is 7.99. The molecule has 68 valence electrons. The Hall–Kier alpha value is 0.270. The van der Waals surface area contributed by atoms with Crippen molar-refractivity contribution in [2.24, 2.45) is 0 Å². The summed E-state index contributed by atoms with van der Waals surface area (Å²) in [4.78, 5) is 0. The molecule has 3 heteroatoms. The molecule has 2 nitrogen and oxygen atoms in total. The Morgan fingerprint density at radius 1 is 1.55 bits per heavy atom. The molecular formula is C8H18O2S. The number of methoxy groups -OCH3 is 1. The van der Waals surface area contributed by atoms with Crippen molar-refractivity contribution in [3.05, 3.63) is 0 Å². The first-order chi connectivity index (χ1) is 5.31. The van der Waals surface area contributed by atoms with Crippen LogP contribution < -0.4 is 0 Å². The third-order valence-corrected chi connectivity index (χ3v) is 2.43. The van der Waals surface area contributed by atoms with Gasteiger partial charge in [-0.3, -0.25) is 0 Å². The lowest BCUT2D eigenvalue weighted by molar-refractivity contribution is 0.149. The highest BCUT2D eigenvalue weighted by Gasteiger charge is 2.01. The van der Waals surface area contributed by atoms with E-state index >= 15 is 0 Å². The van der Waals surface area contributed by atoms with Gasteiger partial charge in [-0.15, -0.1) is 0 Å². The van der Waals surface area contributed by atoms with Crippen LogP contribution in [-0.2, 0) is 4.74 Å². The predicted molar refractivity (Wildman–Crippen MR) is 50.1 cm³/mol. The lowest BCUT2D eigenvalue weighted by atomic mass is 10.2. The monoisotopic (exact) mass is 178 g/mol. The Bertz CT molecular complexity index is 78.5. The zero-order valence-electron chi connectivity index (χ0n) is 7.38. The van der Waals surface area contributed by atoms with Crippen LogP contribution in [-0.4, -0.2) is 36.4 Å². The van der Waals surface area contributed by atoms with Gasteiger partial charge in [0, 0.05) is 19.5 Å². The maximum absolute atomic E-state index is 9.33. The molecule has 0 saturated carbocycles. The number of thioether (sulfide) groups is 1. The molecule has 0 bridgehead atoms. The van der Waals surface area contributed by atoms with Crippen molar-refractivity contribution >= 4 is 11.8 Å². The van der Waals surface area contributed by atoms with Gasteiger partial charge in [0.1, 0.15) is 0 Å². The molecule has 1 N–H and O–H groups in total. The van der Waals surface area contributed by atoms with E-state index in [1.54, 1.807) is 18.9 Å². The first-order valence-corrected chi connectivity index (χ1v) is 5.21. The molecule has 0 aliphatic heterocycles. The second-order valence-electron chi connectivity index (χ2n) is 2.45. The largest absolute Gasteiger partial charge is 0.392 e. The van der Waals surface area contributed by atoms with Gasteiger partial charge in [-0.1, -0.05) is 6.92 Å². The van der Waals surface area contributed by atoms with Gasteiger partial charge in [0.05, 0.1) is 6.10 Å². The van der Waals surface area contributed by atoms with Gasteiger partial charge in [0.2, 0.25) is 0 Å². The summed E-state index contributed by atoms with van der Waals surface area (Å²) in [6, 6.07) is 0. The van der Waals surface area contributed by atoms with Crippen LogP contribution in [0.3, 0.4) is 0 Å². The molecule has 0 aromatic heterocycles. The van der Waals surface area contributed by atoms with E-state index in [-0.39, 0.29) is 6.10 Å². The second-order valence-corrected chi connectivity index (χ2v) is 3.77. The molecule has 0 spiro atoms. The van der Waals surface area contributed by atoms with Crippen molar-refractivity contribution in [3.8, 4) is 0 Å². The van der Waals surface area contributed by atoms with E-state index in [0.717, 1.165) is 31.0 Å². The molecule has 1 atom stereocenters. The second kappa shape index (κ2) is 8.37. The molecule has 0 aromatic carbocycles. The number of aliphatic hydroxyl groups is 1. The number of aliphatic hydroxyl groups excluding tert-OH is 1. The summed E-state index contributed by atoms with van der Waals surface area (Å²) in [5, 5.41) is 9.33. The van der Waals surface area contributed by atoms with Crippen LogP contribution in [0.1, 0.15) is 19.8 Å². The molecule has 11 heavy (non-hydrogen) atoms. The molecular weight excluding hydrogens is 160 g/mol. The summed E-state index contributed by atoms with van der Waals surface area (Å²) < 4.78 is 4.88. The topological polar surface area (TPSA) is 29.5 Å². The Morgan fingerprint density at radius 2 is 2.27 bits per heavy atom. The Morgan fingerprint density at radius 3 is 2.82 bits per heavy atom. The Labute approximate surface area is 73.3 Å². The SMILES string of the molecule is CCSCC(O)CCCOC. The van der Waals surface area contributed by atoms with E-state index < -0.39 is 0 Å². The van der Waals surface area contributed by atoms with Crippen molar-refractivity contribution in [1.29, 1.82) is 0 Å². The molecule has 1 unspecified atom stereocenters. The molecule has 0 heterocycles. The number of ether oxygens (including phenoxy) is 1. The third-order valence-electron chi connectivity index (χ3n) is 1.40. The maximum Gasteiger partial charge on any atom is 0.0631 e. The van der Waals surface area contributed by atoms with E-state index in [9.17, 15) is 5.11 Å². The first kappa shape index (κ1) is 11.3. The smallest absolute Gasteiger partial charge is 0.0631 e. The van der Waals surface area contributed by atoms with Crippen molar-refractivity contribution in [3.63, 3.8) is 0 Å². The lowest BCUT2D eigenvalue weighted by Gasteiger charge is -2.08. The summed E-state index contributed by atoms with van der Waals surface area (Å²) in [5.41, 5.74) is 0. The van der Waals surface area contributed by atoms with Gasteiger partial charge in [0.25, 0.3) is 0 Å². The zero-order chi connectivity index (χ0) is 8.53. The van der Waals surface area contributed by atoms with Crippen LogP contribution in [0.15, 0.2) is 0 Å². The number of hydrogen-bond acceptors (Lipinski definition) is 3. The normalized spacial score (nSPS) is 13.4. The Balaban J connectivity index is 3.02. The molecule has 0 amide bonds. The summed E-state index contributed by atoms with van der Waals surface area (Å²) in [7, 11) is 1.69. The average Bonchev–Trinajstić information content (AvgIpc) is 2.01. The van der Waals surface area contributed by atoms with Gasteiger partial charge in [-0.05, 0) is 18.6 Å². The van der Waals surface area contributed by atoms with Gasteiger partial charge in [-0.2, -0.15) is 11.8 Å². The molecule has 0 aromatic rings. The van der Waals surface area contributed by atoms with Crippen LogP contribution in [0.25, 0.3) is 0 Å². The molecule has 0 radical (unpaired) electrons. The fraction of sp³-hybridized carbons (Fsp3) is 1.00. The van der Waals surface area contributed by atoms with Gasteiger partial charge in [0.15, 0.2) is 0 Å². The zero-order valence-corrected chi connectivity index (χ0v) is 8.19. The molecule has 0 fully saturated rings. The van der Waals surface area contributed by atoms with Crippen LogP contribution in [0.2, 0.25) is 0 Å². The number of hydrogen-bond donors (Lipinski definition) is 1. The molecule has 0 aliphatic rings. The van der Waals surface area contributed by atoms with Crippen molar-refractivity contribution in [2.75, 3.05) is 25.2 Å². The van der Waals surface area contributed by atoms with Gasteiger partial charge in [-0.25, -0.2) is 0 Å². The number of rotatable bonds is 7. The molecule has 0 saturated heterocycles. The highest BCUT2D eigenvalue weighted by atomic mass is 32.2. The van der Waals surface area contributed by atoms with Crippen molar-refractivity contribution < 1.29 is 9.84 Å². The summed E-state index contributed by atoms with van der Waals surface area (Å²) in [6.45, 7) is 2.86. The fourth-order valence-corrected chi connectivity index (χ4v) is 1.47. The lowest BCUT2D eigenvalue weighted by Crippen LogP contribution is -2.10. The fourth-order valence-electron chi connectivity index (χ4n) is 0.801. The highest BCUT2D eigenvalue weighted by Crippen LogP contribution is 2.06. The van der Waals surface area contributed by atoms with E-state index in [1.165, 1.54) is 0 Å². The quantitative estimate of drug-likeness (QED) is 0.599. The minimum atomic E-state index is -0.143. The van der Waals surface area contributed by atoms with Gasteiger partial charge >= 0.3 is 0 Å². The minimum Gasteiger partial charge on any atom is -0.392 e. The first-order valence-electron chi connectivity index (χ1n) is 4.06.